The number of hydrogen-bond acceptors (Lipinski definition) is 6. The highest BCUT2D eigenvalue weighted by atomic mass is 19.1. The number of halogens is 2. The first kappa shape index (κ1) is 22.8. The zero-order valence-electron chi connectivity index (χ0n) is 19.8. The number of morpholine rings is 1. The molecule has 1 unspecified atom stereocenters. The first-order valence-electron chi connectivity index (χ1n) is 12.1. The summed E-state index contributed by atoms with van der Waals surface area (Å²) < 4.78 is 34.6. The van der Waals surface area contributed by atoms with Gasteiger partial charge in [-0.25, -0.2) is 8.78 Å². The number of hydrogen-bond donors (Lipinski definition) is 2. The summed E-state index contributed by atoms with van der Waals surface area (Å²) in [6.45, 7) is 4.70. The van der Waals surface area contributed by atoms with Gasteiger partial charge in [-0.1, -0.05) is 6.07 Å². The first-order chi connectivity index (χ1) is 17.5. The van der Waals surface area contributed by atoms with Gasteiger partial charge >= 0.3 is 0 Å². The minimum atomic E-state index is -0.641. The minimum Gasteiger partial charge on any atom is -0.505 e. The number of anilines is 1. The normalized spacial score (nSPS) is 19.9. The molecule has 0 amide bonds. The molecule has 2 saturated heterocycles. The molecule has 2 atom stereocenters. The van der Waals surface area contributed by atoms with Crippen molar-refractivity contribution in [2.45, 2.75) is 25.5 Å². The van der Waals surface area contributed by atoms with Crippen LogP contribution in [0.4, 0.5) is 14.5 Å². The fraction of sp³-hybridized carbons (Fsp3) is 0.286. The number of aromatic hydroxyl groups is 1. The SMILES string of the molecule is Cc1ccnc(-c2ccc3ncc(-c4cc(F)cc(F)c4)c(N4CCC5NCCO[C@@H]5C4)c3c2)c1O. The van der Waals surface area contributed by atoms with E-state index in [0.29, 0.717) is 30.0 Å². The van der Waals surface area contributed by atoms with Crippen molar-refractivity contribution in [2.24, 2.45) is 0 Å². The predicted molar refractivity (Wildman–Crippen MR) is 135 cm³/mol. The highest BCUT2D eigenvalue weighted by Crippen LogP contribution is 2.41. The molecule has 0 bridgehead atoms. The molecule has 0 radical (unpaired) electrons. The molecule has 2 aromatic heterocycles. The van der Waals surface area contributed by atoms with Crippen molar-refractivity contribution in [2.75, 3.05) is 31.1 Å². The summed E-state index contributed by atoms with van der Waals surface area (Å²) in [5.74, 6) is -1.16. The maximum absolute atomic E-state index is 14.3. The molecule has 36 heavy (non-hydrogen) atoms. The van der Waals surface area contributed by atoms with Gasteiger partial charge in [-0.15, -0.1) is 0 Å². The third-order valence-electron chi connectivity index (χ3n) is 7.13. The number of ether oxygens (including phenoxy) is 1. The van der Waals surface area contributed by atoms with Crippen LogP contribution in [0.3, 0.4) is 0 Å². The van der Waals surface area contributed by atoms with Gasteiger partial charge in [0.25, 0.3) is 0 Å². The smallest absolute Gasteiger partial charge is 0.144 e. The number of piperidine rings is 1. The molecule has 4 aromatic rings. The molecule has 0 saturated carbocycles. The van der Waals surface area contributed by atoms with Crippen LogP contribution < -0.4 is 10.2 Å². The molecule has 2 fully saturated rings. The average Bonchev–Trinajstić information content (AvgIpc) is 2.88. The van der Waals surface area contributed by atoms with E-state index in [1.165, 1.54) is 12.1 Å². The van der Waals surface area contributed by atoms with Crippen LogP contribution >= 0.6 is 0 Å². The van der Waals surface area contributed by atoms with Crippen molar-refractivity contribution in [3.8, 4) is 28.1 Å². The molecule has 2 aliphatic rings. The fourth-order valence-electron chi connectivity index (χ4n) is 5.33. The van der Waals surface area contributed by atoms with Gasteiger partial charge < -0.3 is 20.1 Å². The van der Waals surface area contributed by atoms with E-state index in [1.807, 2.05) is 25.1 Å². The summed E-state index contributed by atoms with van der Waals surface area (Å²) in [6, 6.07) is 11.3. The summed E-state index contributed by atoms with van der Waals surface area (Å²) in [5.41, 5.74) is 4.58. The van der Waals surface area contributed by atoms with Gasteiger partial charge in [0.15, 0.2) is 0 Å². The van der Waals surface area contributed by atoms with Crippen LogP contribution in [0.2, 0.25) is 0 Å². The molecule has 6 nitrogen and oxygen atoms in total. The molecule has 8 heteroatoms. The summed E-state index contributed by atoms with van der Waals surface area (Å²) in [6.07, 6.45) is 4.24. The number of rotatable bonds is 3. The maximum atomic E-state index is 14.3. The third kappa shape index (κ3) is 4.06. The average molecular weight is 489 g/mol. The van der Waals surface area contributed by atoms with E-state index in [0.717, 1.165) is 53.3 Å². The Morgan fingerprint density at radius 1 is 1.06 bits per heavy atom. The summed E-state index contributed by atoms with van der Waals surface area (Å²) >= 11 is 0. The number of aromatic nitrogens is 2. The minimum absolute atomic E-state index is 0.0125. The zero-order chi connectivity index (χ0) is 24.8. The largest absolute Gasteiger partial charge is 0.505 e. The Balaban J connectivity index is 1.56. The van der Waals surface area contributed by atoms with Crippen LogP contribution in [0.15, 0.2) is 54.9 Å². The Morgan fingerprint density at radius 3 is 2.72 bits per heavy atom. The number of aryl methyl sites for hydroxylation is 1. The molecular weight excluding hydrogens is 462 g/mol. The standard InChI is InChI=1S/C28H26F2N4O2/c1-16-4-6-32-26(28(16)35)17-2-3-23-21(12-17)27(34-8-5-24-25(15-34)36-9-7-31-24)22(14-33-23)18-10-19(29)13-20(30)11-18/h2-4,6,10-14,24-25,31,35H,5,7-9,15H2,1H3/t24?,25-/m1/s1. The third-order valence-corrected chi connectivity index (χ3v) is 7.13. The Kier molecular flexibility index (Phi) is 5.78. The summed E-state index contributed by atoms with van der Waals surface area (Å²) in [7, 11) is 0. The van der Waals surface area contributed by atoms with Crippen LogP contribution in [-0.2, 0) is 4.74 Å². The Bertz CT molecular complexity index is 1440. The van der Waals surface area contributed by atoms with Crippen molar-refractivity contribution in [1.29, 1.82) is 0 Å². The van der Waals surface area contributed by atoms with Crippen LogP contribution in [0, 0.1) is 18.6 Å². The zero-order valence-corrected chi connectivity index (χ0v) is 19.8. The van der Waals surface area contributed by atoms with E-state index in [1.54, 1.807) is 18.5 Å². The highest BCUT2D eigenvalue weighted by molar-refractivity contribution is 6.01. The van der Waals surface area contributed by atoms with E-state index in [9.17, 15) is 13.9 Å². The topological polar surface area (TPSA) is 70.5 Å². The highest BCUT2D eigenvalue weighted by Gasteiger charge is 2.33. The monoisotopic (exact) mass is 488 g/mol. The van der Waals surface area contributed by atoms with Gasteiger partial charge in [0.2, 0.25) is 0 Å². The lowest BCUT2D eigenvalue weighted by atomic mass is 9.95. The van der Waals surface area contributed by atoms with Crippen molar-refractivity contribution in [1.82, 2.24) is 15.3 Å². The van der Waals surface area contributed by atoms with E-state index in [2.05, 4.69) is 20.2 Å². The van der Waals surface area contributed by atoms with Gasteiger partial charge in [0.1, 0.15) is 23.1 Å². The molecule has 0 aliphatic carbocycles. The Labute approximate surface area is 207 Å². The van der Waals surface area contributed by atoms with Crippen molar-refractivity contribution in [3.63, 3.8) is 0 Å². The molecule has 4 heterocycles. The lowest BCUT2D eigenvalue weighted by Gasteiger charge is -2.43. The molecule has 6 rings (SSSR count). The summed E-state index contributed by atoms with van der Waals surface area (Å²) in [5, 5.41) is 15.0. The van der Waals surface area contributed by atoms with Crippen LogP contribution in [0.25, 0.3) is 33.3 Å². The molecule has 2 aromatic carbocycles. The Morgan fingerprint density at radius 2 is 1.89 bits per heavy atom. The second-order valence-electron chi connectivity index (χ2n) is 9.44. The second kappa shape index (κ2) is 9.11. The van der Waals surface area contributed by atoms with E-state index in [-0.39, 0.29) is 17.9 Å². The number of nitrogens with zero attached hydrogens (tertiary/aromatic N) is 3. The maximum Gasteiger partial charge on any atom is 0.144 e. The molecular formula is C28H26F2N4O2. The Hall–Kier alpha value is -3.62. The number of pyridine rings is 2. The van der Waals surface area contributed by atoms with E-state index < -0.39 is 11.6 Å². The summed E-state index contributed by atoms with van der Waals surface area (Å²) in [4.78, 5) is 11.3. The number of fused-ring (bicyclic) bond motifs is 2. The van der Waals surface area contributed by atoms with Gasteiger partial charge in [0, 0.05) is 60.6 Å². The molecule has 2 aliphatic heterocycles. The number of benzene rings is 2. The van der Waals surface area contributed by atoms with Crippen molar-refractivity contribution in [3.05, 3.63) is 72.1 Å². The van der Waals surface area contributed by atoms with E-state index in [4.69, 9.17) is 4.74 Å². The van der Waals surface area contributed by atoms with Crippen molar-refractivity contribution < 1.29 is 18.6 Å². The lowest BCUT2D eigenvalue weighted by molar-refractivity contribution is -0.00896. The first-order valence-corrected chi connectivity index (χ1v) is 12.1. The van der Waals surface area contributed by atoms with Gasteiger partial charge in [-0.3, -0.25) is 9.97 Å². The quantitative estimate of drug-likeness (QED) is 0.431. The second-order valence-corrected chi connectivity index (χ2v) is 9.44. The molecule has 0 spiro atoms. The van der Waals surface area contributed by atoms with Gasteiger partial charge in [-0.2, -0.15) is 0 Å². The van der Waals surface area contributed by atoms with Crippen LogP contribution in [0.5, 0.6) is 5.75 Å². The van der Waals surface area contributed by atoms with Crippen LogP contribution in [0.1, 0.15) is 12.0 Å². The van der Waals surface area contributed by atoms with Crippen LogP contribution in [-0.4, -0.2) is 53.5 Å². The molecule has 2 N–H and O–H groups in total. The van der Waals surface area contributed by atoms with E-state index >= 15 is 0 Å². The van der Waals surface area contributed by atoms with Gasteiger partial charge in [-0.05, 0) is 54.8 Å². The van der Waals surface area contributed by atoms with Crippen molar-refractivity contribution >= 4 is 16.6 Å². The predicted octanol–water partition coefficient (Wildman–Crippen LogP) is 4.82. The molecule has 184 valence electrons. The fourth-order valence-corrected chi connectivity index (χ4v) is 5.33. The van der Waals surface area contributed by atoms with Gasteiger partial charge in [0.05, 0.1) is 23.9 Å². The number of nitrogens with one attached hydrogen (secondary N) is 1. The lowest BCUT2D eigenvalue weighted by Crippen LogP contribution is -2.57.